The summed E-state index contributed by atoms with van der Waals surface area (Å²) in [6, 6.07) is 5.64. The number of amides is 2. The number of halogens is 1. The molecule has 1 fully saturated rings. The first-order valence-electron chi connectivity index (χ1n) is 10.4. The second-order valence-electron chi connectivity index (χ2n) is 8.43. The highest BCUT2D eigenvalue weighted by molar-refractivity contribution is 7.91. The average molecular weight is 449 g/mol. The third-order valence-corrected chi connectivity index (χ3v) is 7.59. The van der Waals surface area contributed by atoms with Crippen LogP contribution in [-0.2, 0) is 16.3 Å². The lowest BCUT2D eigenvalue weighted by molar-refractivity contribution is 0.0976. The third kappa shape index (κ3) is 5.15. The van der Waals surface area contributed by atoms with Crippen LogP contribution >= 0.6 is 0 Å². The maximum Gasteiger partial charge on any atom is 0.333 e. The van der Waals surface area contributed by atoms with Crippen molar-refractivity contribution in [3.8, 4) is 5.75 Å². The minimum Gasteiger partial charge on any atom is -0.490 e. The molecule has 0 spiro atoms. The molecular weight excluding hydrogens is 423 g/mol. The first-order chi connectivity index (χ1) is 14.7. The molecule has 0 saturated heterocycles. The van der Waals surface area contributed by atoms with Gasteiger partial charge in [-0.05, 0) is 66.8 Å². The topological polar surface area (TPSA) is 94.5 Å². The lowest BCUT2D eigenvalue weighted by Crippen LogP contribution is -2.22. The van der Waals surface area contributed by atoms with Crippen molar-refractivity contribution < 1.29 is 27.1 Å². The number of aryl methyl sites for hydroxylation is 1. The second-order valence-corrected chi connectivity index (χ2v) is 10.7. The number of ether oxygens (including phenoxy) is 1. The van der Waals surface area contributed by atoms with Crippen molar-refractivity contribution in [2.24, 2.45) is 5.92 Å². The maximum absolute atomic E-state index is 14.0. The minimum absolute atomic E-state index is 0.00969. The summed E-state index contributed by atoms with van der Waals surface area (Å²) in [5.41, 5.74) is 1.74. The average Bonchev–Trinajstić information content (AvgIpc) is 3.37. The number of benzene rings is 1. The predicted octanol–water partition coefficient (Wildman–Crippen LogP) is 3.28. The minimum atomic E-state index is -3.34. The molecule has 1 aliphatic carbocycles. The highest BCUT2D eigenvalue weighted by atomic mass is 32.2. The molecule has 1 N–H and O–H groups in total. The van der Waals surface area contributed by atoms with Gasteiger partial charge in [-0.3, -0.25) is 14.7 Å². The molecule has 1 saturated carbocycles. The van der Waals surface area contributed by atoms with E-state index in [1.54, 1.807) is 31.3 Å². The molecule has 1 aromatic heterocycles. The van der Waals surface area contributed by atoms with E-state index in [0.717, 1.165) is 24.0 Å². The highest BCUT2D eigenvalue weighted by Gasteiger charge is 2.27. The Morgan fingerprint density at radius 3 is 2.74 bits per heavy atom. The van der Waals surface area contributed by atoms with Gasteiger partial charge in [0, 0.05) is 6.20 Å². The molecule has 9 heteroatoms. The van der Waals surface area contributed by atoms with E-state index >= 15 is 0 Å². The van der Waals surface area contributed by atoms with Crippen molar-refractivity contribution in [3.05, 3.63) is 53.1 Å². The van der Waals surface area contributed by atoms with E-state index in [4.69, 9.17) is 4.74 Å². The van der Waals surface area contributed by atoms with Gasteiger partial charge in [0.1, 0.15) is 5.69 Å². The molecule has 1 aliphatic heterocycles. The number of hydrogen-bond acceptors (Lipinski definition) is 5. The van der Waals surface area contributed by atoms with Gasteiger partial charge in [0.05, 0.1) is 18.1 Å². The summed E-state index contributed by atoms with van der Waals surface area (Å²) in [6.45, 7) is 2.29. The molecule has 2 aliphatic rings. The van der Waals surface area contributed by atoms with Crippen LogP contribution in [0.2, 0.25) is 0 Å². The Kier molecular flexibility index (Phi) is 5.88. The largest absolute Gasteiger partial charge is 0.490 e. The Balaban J connectivity index is 1.31. The van der Waals surface area contributed by atoms with Crippen molar-refractivity contribution in [1.29, 1.82) is 0 Å². The van der Waals surface area contributed by atoms with Crippen LogP contribution in [0.25, 0.3) is 0 Å². The quantitative estimate of drug-likeness (QED) is 0.602. The number of fused-ring (bicyclic) bond motifs is 1. The highest BCUT2D eigenvalue weighted by Crippen LogP contribution is 2.31. The van der Waals surface area contributed by atoms with Gasteiger partial charge in [0.2, 0.25) is 0 Å². The van der Waals surface area contributed by atoms with Crippen LogP contribution in [-0.4, -0.2) is 43.0 Å². The van der Waals surface area contributed by atoms with Crippen LogP contribution in [0.3, 0.4) is 0 Å². The summed E-state index contributed by atoms with van der Waals surface area (Å²) in [5.74, 6) is -0.570. The molecule has 0 bridgehead atoms. The van der Waals surface area contributed by atoms with E-state index in [2.05, 4.69) is 5.32 Å². The Hall–Kier alpha value is -2.68. The van der Waals surface area contributed by atoms with Gasteiger partial charge in [0.15, 0.2) is 21.4 Å². The summed E-state index contributed by atoms with van der Waals surface area (Å²) in [6.07, 6.45) is 4.60. The fourth-order valence-corrected chi connectivity index (χ4v) is 5.41. The molecule has 4 rings (SSSR count). The lowest BCUT2D eigenvalue weighted by atomic mass is 10.0. The van der Waals surface area contributed by atoms with E-state index in [-0.39, 0.29) is 28.9 Å². The second kappa shape index (κ2) is 8.45. The third-order valence-electron chi connectivity index (χ3n) is 5.67. The summed E-state index contributed by atoms with van der Waals surface area (Å²) >= 11 is 0. The molecule has 1 aromatic carbocycles. The van der Waals surface area contributed by atoms with Gasteiger partial charge < -0.3 is 4.74 Å². The molecule has 2 aromatic rings. The van der Waals surface area contributed by atoms with E-state index < -0.39 is 27.6 Å². The molecule has 2 heterocycles. The van der Waals surface area contributed by atoms with Crippen molar-refractivity contribution in [2.75, 3.05) is 18.1 Å². The van der Waals surface area contributed by atoms with Crippen molar-refractivity contribution >= 4 is 21.8 Å². The predicted molar refractivity (Wildman–Crippen MR) is 113 cm³/mol. The van der Waals surface area contributed by atoms with Crippen molar-refractivity contribution in [1.82, 2.24) is 9.88 Å². The number of nitrogens with zero attached hydrogens (tertiary/aromatic N) is 1. The number of imide groups is 1. The van der Waals surface area contributed by atoms with E-state index in [1.165, 1.54) is 10.6 Å². The zero-order valence-corrected chi connectivity index (χ0v) is 18.1. The summed E-state index contributed by atoms with van der Waals surface area (Å²) in [4.78, 5) is 23.2. The standard InChI is InChI=1S/C22H25FN2O5S/c1-14(17-6-7-18(23)20(10-17)30-12-15-4-5-15)13-31(28,29)8-2-3-16-9-19-21(26)24-22(27)25(19)11-16/h6-7,9-11,14-15H,2-5,8,12-13H2,1H3,(H,24,26,27)/t14-/m0/s1. The van der Waals surface area contributed by atoms with Crippen LogP contribution in [0, 0.1) is 11.7 Å². The lowest BCUT2D eigenvalue weighted by Gasteiger charge is -2.15. The molecule has 31 heavy (non-hydrogen) atoms. The fourth-order valence-electron chi connectivity index (χ4n) is 3.70. The van der Waals surface area contributed by atoms with Crippen molar-refractivity contribution in [3.63, 3.8) is 0 Å². The molecule has 0 radical (unpaired) electrons. The Morgan fingerprint density at radius 1 is 1.26 bits per heavy atom. The number of sulfone groups is 1. The number of carbonyl (C=O) groups is 2. The molecule has 0 unspecified atom stereocenters. The van der Waals surface area contributed by atoms with Crippen LogP contribution in [0.4, 0.5) is 9.18 Å². The fraction of sp³-hybridized carbons (Fsp3) is 0.455. The van der Waals surface area contributed by atoms with Gasteiger partial charge >= 0.3 is 6.03 Å². The van der Waals surface area contributed by atoms with Gasteiger partial charge in [0.25, 0.3) is 5.91 Å². The van der Waals surface area contributed by atoms with Crippen LogP contribution in [0.15, 0.2) is 30.5 Å². The maximum atomic E-state index is 14.0. The Labute approximate surface area is 180 Å². The van der Waals surface area contributed by atoms with Gasteiger partial charge in [-0.2, -0.15) is 0 Å². The van der Waals surface area contributed by atoms with Gasteiger partial charge in [-0.1, -0.05) is 13.0 Å². The Bertz CT molecular complexity index is 1090. The van der Waals surface area contributed by atoms with Crippen LogP contribution in [0.5, 0.6) is 5.75 Å². The van der Waals surface area contributed by atoms with Crippen molar-refractivity contribution in [2.45, 2.75) is 38.5 Å². The normalized spacial score (nSPS) is 16.8. The number of aromatic nitrogens is 1. The van der Waals surface area contributed by atoms with Crippen LogP contribution in [0.1, 0.15) is 53.7 Å². The monoisotopic (exact) mass is 448 g/mol. The molecule has 7 nitrogen and oxygen atoms in total. The van der Waals surface area contributed by atoms with E-state index in [9.17, 15) is 22.4 Å². The van der Waals surface area contributed by atoms with Gasteiger partial charge in [-0.15, -0.1) is 0 Å². The SMILES string of the molecule is C[C@@H](CS(=O)(=O)CCCc1cc2n(c1)C(=O)NC2=O)c1ccc(F)c(OCC2CC2)c1. The molecule has 1 atom stereocenters. The number of hydrogen-bond donors (Lipinski definition) is 1. The number of carbonyl (C=O) groups excluding carboxylic acids is 2. The number of rotatable bonds is 10. The van der Waals surface area contributed by atoms with E-state index in [1.807, 2.05) is 0 Å². The molecular formula is C22H25FN2O5S. The first-order valence-corrected chi connectivity index (χ1v) is 12.2. The number of nitrogens with one attached hydrogen (secondary N) is 1. The zero-order valence-electron chi connectivity index (χ0n) is 17.3. The smallest absolute Gasteiger partial charge is 0.333 e. The first kappa shape index (κ1) is 21.5. The van der Waals surface area contributed by atoms with E-state index in [0.29, 0.717) is 25.4 Å². The molecule has 2 amide bonds. The summed E-state index contributed by atoms with van der Waals surface area (Å²) in [5, 5.41) is 2.19. The zero-order chi connectivity index (χ0) is 22.2. The van der Waals surface area contributed by atoms with Crippen LogP contribution < -0.4 is 10.1 Å². The molecule has 166 valence electrons. The Morgan fingerprint density at radius 2 is 2.03 bits per heavy atom. The van der Waals surface area contributed by atoms with Gasteiger partial charge in [-0.25, -0.2) is 17.6 Å². The summed E-state index contributed by atoms with van der Waals surface area (Å²) in [7, 11) is -3.34. The summed E-state index contributed by atoms with van der Waals surface area (Å²) < 4.78 is 46.0.